The van der Waals surface area contributed by atoms with Gasteiger partial charge in [0.1, 0.15) is 0 Å². The van der Waals surface area contributed by atoms with Crippen molar-refractivity contribution in [2.75, 3.05) is 0 Å². The molecule has 0 aromatic carbocycles. The van der Waals surface area contributed by atoms with E-state index in [1.54, 1.807) is 13.8 Å². The van der Waals surface area contributed by atoms with E-state index in [9.17, 15) is 9.59 Å². The fourth-order valence-electron chi connectivity index (χ4n) is 2.72. The van der Waals surface area contributed by atoms with Gasteiger partial charge in [0.05, 0.1) is 0 Å². The lowest BCUT2D eigenvalue weighted by molar-refractivity contribution is -0.244. The number of hydrogen-bond acceptors (Lipinski definition) is 4. The molecule has 0 radical (unpaired) electrons. The van der Waals surface area contributed by atoms with Crippen LogP contribution in [0.5, 0.6) is 0 Å². The van der Waals surface area contributed by atoms with Crippen LogP contribution in [-0.4, -0.2) is 17.7 Å². The molecule has 15 heavy (non-hydrogen) atoms. The normalized spacial score (nSPS) is 36.0. The molecule has 1 aliphatic carbocycles. The molecule has 1 spiro atoms. The fraction of sp³-hybridized carbons (Fsp3) is 0.818. The second-order valence-corrected chi connectivity index (χ2v) is 4.85. The quantitative estimate of drug-likeness (QED) is 0.488. The molecule has 1 saturated carbocycles. The first-order valence-corrected chi connectivity index (χ1v) is 5.33. The van der Waals surface area contributed by atoms with Crippen molar-refractivity contribution in [2.45, 2.75) is 39.9 Å². The molecule has 0 unspecified atom stereocenters. The summed E-state index contributed by atoms with van der Waals surface area (Å²) in [7, 11) is 0. The zero-order valence-electron chi connectivity index (χ0n) is 9.49. The van der Waals surface area contributed by atoms with Crippen LogP contribution in [0, 0.1) is 17.3 Å². The predicted molar refractivity (Wildman–Crippen MR) is 51.6 cm³/mol. The number of carbonyl (C=O) groups is 2. The first kappa shape index (κ1) is 10.5. The summed E-state index contributed by atoms with van der Waals surface area (Å²) in [5.74, 6) is -1.82. The molecule has 0 bridgehead atoms. The Morgan fingerprint density at radius 2 is 1.67 bits per heavy atom. The van der Waals surface area contributed by atoms with Crippen LogP contribution in [0.25, 0.3) is 0 Å². The SMILES string of the molecule is CC[C@@H]1[C@H](C)C12C(=O)OC(C)(C)OC2=O. The number of carbonyl (C=O) groups excluding carboxylic acids is 2. The molecule has 2 rings (SSSR count). The van der Waals surface area contributed by atoms with Crippen LogP contribution in [0.3, 0.4) is 0 Å². The van der Waals surface area contributed by atoms with Gasteiger partial charge in [-0.05, 0) is 11.8 Å². The van der Waals surface area contributed by atoms with Gasteiger partial charge in [-0.3, -0.25) is 9.59 Å². The van der Waals surface area contributed by atoms with Crippen LogP contribution in [0.1, 0.15) is 34.1 Å². The smallest absolute Gasteiger partial charge is 0.327 e. The molecule has 1 heterocycles. The lowest BCUT2D eigenvalue weighted by atomic mass is 10.00. The van der Waals surface area contributed by atoms with E-state index in [4.69, 9.17) is 9.47 Å². The average molecular weight is 212 g/mol. The summed E-state index contributed by atoms with van der Waals surface area (Å²) in [5.41, 5.74) is -0.996. The Kier molecular flexibility index (Phi) is 1.91. The summed E-state index contributed by atoms with van der Waals surface area (Å²) in [6, 6.07) is 0. The van der Waals surface area contributed by atoms with Crippen molar-refractivity contribution in [3.05, 3.63) is 0 Å². The minimum atomic E-state index is -1.11. The van der Waals surface area contributed by atoms with Crippen LogP contribution in [0.15, 0.2) is 0 Å². The van der Waals surface area contributed by atoms with Crippen LogP contribution < -0.4 is 0 Å². The first-order valence-electron chi connectivity index (χ1n) is 5.33. The minimum absolute atomic E-state index is 0.0404. The van der Waals surface area contributed by atoms with Gasteiger partial charge in [0.25, 0.3) is 5.79 Å². The van der Waals surface area contributed by atoms with E-state index < -0.39 is 23.1 Å². The van der Waals surface area contributed by atoms with E-state index in [0.29, 0.717) is 0 Å². The fourth-order valence-corrected chi connectivity index (χ4v) is 2.72. The molecular weight excluding hydrogens is 196 g/mol. The van der Waals surface area contributed by atoms with Gasteiger partial charge in [-0.15, -0.1) is 0 Å². The Labute approximate surface area is 88.9 Å². The average Bonchev–Trinajstić information content (AvgIpc) is 2.67. The van der Waals surface area contributed by atoms with Gasteiger partial charge in [0, 0.05) is 13.8 Å². The van der Waals surface area contributed by atoms with E-state index in [1.165, 1.54) is 0 Å². The molecular formula is C11H16O4. The highest BCUT2D eigenvalue weighted by Gasteiger charge is 2.76. The maximum atomic E-state index is 11.9. The summed E-state index contributed by atoms with van der Waals surface area (Å²) >= 11 is 0. The van der Waals surface area contributed by atoms with Gasteiger partial charge >= 0.3 is 11.9 Å². The van der Waals surface area contributed by atoms with Crippen molar-refractivity contribution in [3.63, 3.8) is 0 Å². The van der Waals surface area contributed by atoms with Gasteiger partial charge in [0.15, 0.2) is 5.41 Å². The molecule has 1 aliphatic heterocycles. The molecule has 2 atom stereocenters. The summed E-state index contributed by atoms with van der Waals surface area (Å²) in [6.45, 7) is 7.01. The molecule has 0 N–H and O–H groups in total. The lowest BCUT2D eigenvalue weighted by Crippen LogP contribution is -2.49. The molecule has 84 valence electrons. The minimum Gasteiger partial charge on any atom is -0.422 e. The molecule has 0 amide bonds. The van der Waals surface area contributed by atoms with Gasteiger partial charge in [-0.1, -0.05) is 20.3 Å². The third-order valence-electron chi connectivity index (χ3n) is 3.59. The lowest BCUT2D eigenvalue weighted by Gasteiger charge is -2.33. The van der Waals surface area contributed by atoms with E-state index >= 15 is 0 Å². The van der Waals surface area contributed by atoms with Crippen molar-refractivity contribution in [1.29, 1.82) is 0 Å². The standard InChI is InChI=1S/C11H16O4/c1-5-7-6(2)11(7)8(12)14-10(3,4)15-9(11)13/h6-7H,5H2,1-4H3/t6-,7+/m0/s1. The second-order valence-electron chi connectivity index (χ2n) is 4.85. The molecule has 0 aromatic rings. The molecule has 4 nitrogen and oxygen atoms in total. The van der Waals surface area contributed by atoms with E-state index in [-0.39, 0.29) is 11.8 Å². The Bertz CT molecular complexity index is 311. The van der Waals surface area contributed by atoms with E-state index in [0.717, 1.165) is 6.42 Å². The van der Waals surface area contributed by atoms with Gasteiger partial charge in [-0.2, -0.15) is 0 Å². The largest absolute Gasteiger partial charge is 0.422 e. The molecule has 4 heteroatoms. The summed E-state index contributed by atoms with van der Waals surface area (Å²) < 4.78 is 10.3. The maximum absolute atomic E-state index is 11.9. The zero-order chi connectivity index (χ0) is 11.4. The number of ether oxygens (including phenoxy) is 2. The van der Waals surface area contributed by atoms with E-state index in [1.807, 2.05) is 13.8 Å². The van der Waals surface area contributed by atoms with Crippen molar-refractivity contribution in [3.8, 4) is 0 Å². The summed E-state index contributed by atoms with van der Waals surface area (Å²) in [4.78, 5) is 23.7. The molecule has 0 aromatic heterocycles. The van der Waals surface area contributed by atoms with E-state index in [2.05, 4.69) is 0 Å². The Morgan fingerprint density at radius 1 is 1.20 bits per heavy atom. The molecule has 2 aliphatic rings. The summed E-state index contributed by atoms with van der Waals surface area (Å²) in [6.07, 6.45) is 0.797. The summed E-state index contributed by atoms with van der Waals surface area (Å²) in [5, 5.41) is 0. The first-order chi connectivity index (χ1) is 6.86. The number of esters is 2. The second kappa shape index (κ2) is 2.74. The molecule has 1 saturated heterocycles. The van der Waals surface area contributed by atoms with Crippen LogP contribution in [0.2, 0.25) is 0 Å². The van der Waals surface area contributed by atoms with Crippen molar-refractivity contribution >= 4 is 11.9 Å². The monoisotopic (exact) mass is 212 g/mol. The van der Waals surface area contributed by atoms with Crippen LogP contribution in [-0.2, 0) is 19.1 Å². The Balaban J connectivity index is 2.30. The highest BCUT2D eigenvalue weighted by Crippen LogP contribution is 2.63. The Hall–Kier alpha value is -1.06. The Morgan fingerprint density at radius 3 is 2.00 bits per heavy atom. The highest BCUT2D eigenvalue weighted by atomic mass is 16.7. The number of hydrogen-bond donors (Lipinski definition) is 0. The zero-order valence-corrected chi connectivity index (χ0v) is 9.49. The maximum Gasteiger partial charge on any atom is 0.327 e. The van der Waals surface area contributed by atoms with Gasteiger partial charge < -0.3 is 9.47 Å². The van der Waals surface area contributed by atoms with Gasteiger partial charge in [0.2, 0.25) is 0 Å². The molecule has 2 fully saturated rings. The number of cyclic esters (lactones) is 2. The van der Waals surface area contributed by atoms with Gasteiger partial charge in [-0.25, -0.2) is 0 Å². The van der Waals surface area contributed by atoms with Crippen LogP contribution in [0.4, 0.5) is 0 Å². The number of rotatable bonds is 1. The van der Waals surface area contributed by atoms with Crippen molar-refractivity contribution in [2.24, 2.45) is 17.3 Å². The third-order valence-corrected chi connectivity index (χ3v) is 3.59. The topological polar surface area (TPSA) is 52.6 Å². The highest BCUT2D eigenvalue weighted by molar-refractivity contribution is 6.05. The van der Waals surface area contributed by atoms with Crippen molar-refractivity contribution in [1.82, 2.24) is 0 Å². The van der Waals surface area contributed by atoms with Crippen LogP contribution >= 0.6 is 0 Å². The third kappa shape index (κ3) is 1.13. The van der Waals surface area contributed by atoms with Crippen molar-refractivity contribution < 1.29 is 19.1 Å². The predicted octanol–water partition coefficient (Wildman–Crippen LogP) is 1.48.